The molecule has 4 aromatic rings. The summed E-state index contributed by atoms with van der Waals surface area (Å²) in [5.74, 6) is 1.52. The maximum atomic E-state index is 3.73. The van der Waals surface area contributed by atoms with Gasteiger partial charge in [-0.15, -0.1) is 0 Å². The normalized spacial score (nSPS) is 14.1. The lowest BCUT2D eigenvalue weighted by molar-refractivity contribution is 0.373. The first-order valence-corrected chi connectivity index (χ1v) is 15.4. The van der Waals surface area contributed by atoms with Crippen LogP contribution < -0.4 is 10.6 Å². The molecule has 1 saturated carbocycles. The number of rotatable bonds is 11. The lowest BCUT2D eigenvalue weighted by atomic mass is 9.88. The number of anilines is 2. The first-order chi connectivity index (χ1) is 18.7. The van der Waals surface area contributed by atoms with E-state index in [4.69, 9.17) is 0 Å². The van der Waals surface area contributed by atoms with Crippen LogP contribution in [-0.4, -0.2) is 13.1 Å². The fourth-order valence-electron chi connectivity index (χ4n) is 5.73. The summed E-state index contributed by atoms with van der Waals surface area (Å²) < 4.78 is 0. The van der Waals surface area contributed by atoms with E-state index in [1.165, 1.54) is 84.1 Å². The highest BCUT2D eigenvalue weighted by Gasteiger charge is 2.16. The molecule has 197 valence electrons. The third kappa shape index (κ3) is 6.50. The van der Waals surface area contributed by atoms with E-state index in [-0.39, 0.29) is 0 Å². The number of benzene rings is 3. The SMILES string of the molecule is CCC(CC)CNc1ccc(-c2cccc(-c3[c]ccc(NCC4CCCCC4)c3)c2-c2ccsc2)cc1. The molecule has 1 fully saturated rings. The van der Waals surface area contributed by atoms with Crippen LogP contribution in [0.3, 0.4) is 0 Å². The zero-order valence-corrected chi connectivity index (χ0v) is 23.7. The third-order valence-corrected chi connectivity index (χ3v) is 8.91. The zero-order valence-electron chi connectivity index (χ0n) is 22.9. The Labute approximate surface area is 233 Å². The highest BCUT2D eigenvalue weighted by Crippen LogP contribution is 2.41. The van der Waals surface area contributed by atoms with Crippen molar-refractivity contribution in [2.24, 2.45) is 11.8 Å². The second kappa shape index (κ2) is 13.2. The molecule has 0 aliphatic heterocycles. The van der Waals surface area contributed by atoms with E-state index in [9.17, 15) is 0 Å². The predicted molar refractivity (Wildman–Crippen MR) is 167 cm³/mol. The molecule has 38 heavy (non-hydrogen) atoms. The van der Waals surface area contributed by atoms with Gasteiger partial charge in [0.25, 0.3) is 0 Å². The molecule has 0 spiro atoms. The van der Waals surface area contributed by atoms with Gasteiger partial charge in [0.2, 0.25) is 0 Å². The van der Waals surface area contributed by atoms with Crippen LogP contribution in [0.4, 0.5) is 11.4 Å². The molecular weight excluding hydrogens is 480 g/mol. The van der Waals surface area contributed by atoms with Crippen LogP contribution in [0.1, 0.15) is 58.8 Å². The monoisotopic (exact) mass is 521 g/mol. The van der Waals surface area contributed by atoms with Gasteiger partial charge in [0, 0.05) is 24.5 Å². The van der Waals surface area contributed by atoms with Crippen LogP contribution in [0, 0.1) is 17.9 Å². The van der Waals surface area contributed by atoms with E-state index in [1.54, 1.807) is 11.3 Å². The topological polar surface area (TPSA) is 24.1 Å². The number of hydrogen-bond donors (Lipinski definition) is 2. The highest BCUT2D eigenvalue weighted by atomic mass is 32.1. The molecule has 3 heteroatoms. The number of nitrogens with one attached hydrogen (secondary N) is 2. The van der Waals surface area contributed by atoms with Gasteiger partial charge >= 0.3 is 0 Å². The van der Waals surface area contributed by atoms with E-state index in [2.05, 4.69) is 108 Å². The summed E-state index contributed by atoms with van der Waals surface area (Å²) >= 11 is 1.75. The molecule has 1 heterocycles. The number of thiophene rings is 1. The lowest BCUT2D eigenvalue weighted by Gasteiger charge is -2.22. The molecule has 1 aliphatic rings. The molecule has 0 amide bonds. The summed E-state index contributed by atoms with van der Waals surface area (Å²) in [7, 11) is 0. The van der Waals surface area contributed by atoms with Crippen LogP contribution >= 0.6 is 11.3 Å². The summed E-state index contributed by atoms with van der Waals surface area (Å²) in [5, 5.41) is 11.8. The van der Waals surface area contributed by atoms with Gasteiger partial charge in [-0.25, -0.2) is 0 Å². The van der Waals surface area contributed by atoms with E-state index < -0.39 is 0 Å². The molecule has 2 nitrogen and oxygen atoms in total. The highest BCUT2D eigenvalue weighted by molar-refractivity contribution is 7.08. The minimum atomic E-state index is 0.723. The van der Waals surface area contributed by atoms with Gasteiger partial charge in [-0.1, -0.05) is 82.3 Å². The van der Waals surface area contributed by atoms with Crippen LogP contribution in [0.15, 0.2) is 77.5 Å². The second-order valence-electron chi connectivity index (χ2n) is 10.8. The van der Waals surface area contributed by atoms with Crippen molar-refractivity contribution >= 4 is 22.7 Å². The zero-order chi connectivity index (χ0) is 26.2. The average molecular weight is 522 g/mol. The maximum Gasteiger partial charge on any atom is 0.0346 e. The largest absolute Gasteiger partial charge is 0.385 e. The van der Waals surface area contributed by atoms with Gasteiger partial charge in [-0.2, -0.15) is 11.3 Å². The number of hydrogen-bond acceptors (Lipinski definition) is 3. The molecule has 0 bridgehead atoms. The first-order valence-electron chi connectivity index (χ1n) is 14.5. The van der Waals surface area contributed by atoms with Gasteiger partial charge in [-0.3, -0.25) is 0 Å². The lowest BCUT2D eigenvalue weighted by Crippen LogP contribution is -2.17. The van der Waals surface area contributed by atoms with Gasteiger partial charge < -0.3 is 10.6 Å². The van der Waals surface area contributed by atoms with Gasteiger partial charge in [0.1, 0.15) is 0 Å². The summed E-state index contributed by atoms with van der Waals surface area (Å²) in [4.78, 5) is 0. The van der Waals surface area contributed by atoms with E-state index in [0.29, 0.717) is 0 Å². The van der Waals surface area contributed by atoms with Crippen molar-refractivity contribution in [2.75, 3.05) is 23.7 Å². The van der Waals surface area contributed by atoms with Gasteiger partial charge in [-0.05, 0) is 105 Å². The van der Waals surface area contributed by atoms with Crippen molar-refractivity contribution < 1.29 is 0 Å². The quantitative estimate of drug-likeness (QED) is 0.205. The maximum absolute atomic E-state index is 3.73. The van der Waals surface area contributed by atoms with Crippen molar-refractivity contribution in [1.29, 1.82) is 0 Å². The molecule has 5 rings (SSSR count). The summed E-state index contributed by atoms with van der Waals surface area (Å²) in [6.45, 7) is 6.65. The van der Waals surface area contributed by atoms with Crippen LogP contribution in [-0.2, 0) is 0 Å². The van der Waals surface area contributed by atoms with Crippen molar-refractivity contribution in [3.8, 4) is 33.4 Å². The molecule has 3 aromatic carbocycles. The van der Waals surface area contributed by atoms with Crippen molar-refractivity contribution in [3.05, 3.63) is 83.6 Å². The Bertz CT molecular complexity index is 1270. The summed E-state index contributed by atoms with van der Waals surface area (Å²) in [6.07, 6.45) is 9.31. The van der Waals surface area contributed by atoms with Gasteiger partial charge in [0.05, 0.1) is 0 Å². The standard InChI is InChI=1S/C35H41N2S/c1-3-26(4-2)23-36-31-18-16-28(17-19-31)33-14-9-15-34(35(33)30-20-21-38-25-30)29-12-8-13-32(22-29)37-24-27-10-6-5-7-11-27/h8-9,13-22,25-27,36-37H,3-7,10-11,23-24H2,1-2H3. The van der Waals surface area contributed by atoms with Crippen LogP contribution in [0.2, 0.25) is 0 Å². The smallest absolute Gasteiger partial charge is 0.0346 e. The molecule has 0 atom stereocenters. The predicted octanol–water partition coefficient (Wildman–Crippen LogP) is 10.4. The summed E-state index contributed by atoms with van der Waals surface area (Å²) in [6, 6.07) is 28.0. The first kappa shape index (κ1) is 26.6. The Kier molecular flexibility index (Phi) is 9.19. The molecule has 0 saturated heterocycles. The molecule has 1 aliphatic carbocycles. The minimum Gasteiger partial charge on any atom is -0.385 e. The average Bonchev–Trinajstić information content (AvgIpc) is 3.52. The molecular formula is C35H41N2S. The summed E-state index contributed by atoms with van der Waals surface area (Å²) in [5.41, 5.74) is 9.83. The Morgan fingerprint density at radius 2 is 1.63 bits per heavy atom. The minimum absolute atomic E-state index is 0.723. The van der Waals surface area contributed by atoms with Crippen molar-refractivity contribution in [2.45, 2.75) is 58.8 Å². The Hall–Kier alpha value is -3.04. The Balaban J connectivity index is 1.43. The molecule has 1 aromatic heterocycles. The van der Waals surface area contributed by atoms with E-state index in [0.717, 1.165) is 30.5 Å². The fraction of sp³-hybridized carbons (Fsp3) is 0.371. The third-order valence-electron chi connectivity index (χ3n) is 8.23. The Morgan fingerprint density at radius 3 is 2.37 bits per heavy atom. The molecule has 0 unspecified atom stereocenters. The van der Waals surface area contributed by atoms with Crippen LogP contribution in [0.25, 0.3) is 33.4 Å². The van der Waals surface area contributed by atoms with Gasteiger partial charge in [0.15, 0.2) is 0 Å². The fourth-order valence-corrected chi connectivity index (χ4v) is 6.37. The second-order valence-corrected chi connectivity index (χ2v) is 11.5. The molecule has 1 radical (unpaired) electrons. The molecule has 2 N–H and O–H groups in total. The van der Waals surface area contributed by atoms with E-state index in [1.807, 2.05) is 0 Å². The van der Waals surface area contributed by atoms with Crippen molar-refractivity contribution in [1.82, 2.24) is 0 Å². The van der Waals surface area contributed by atoms with E-state index >= 15 is 0 Å². The van der Waals surface area contributed by atoms with Crippen LogP contribution in [0.5, 0.6) is 0 Å². The van der Waals surface area contributed by atoms with Crippen molar-refractivity contribution in [3.63, 3.8) is 0 Å². The Morgan fingerprint density at radius 1 is 0.842 bits per heavy atom.